The summed E-state index contributed by atoms with van der Waals surface area (Å²) in [4.78, 5) is 24.1. The predicted octanol–water partition coefficient (Wildman–Crippen LogP) is 4.92. The highest BCUT2D eigenvalue weighted by atomic mass is 79.9. The lowest BCUT2D eigenvalue weighted by Crippen LogP contribution is -2.50. The zero-order valence-corrected chi connectivity index (χ0v) is 22.8. The van der Waals surface area contributed by atoms with Gasteiger partial charge in [-0.25, -0.2) is 0 Å². The average molecular weight is 660 g/mol. The number of carbonyl (C=O) groups is 2. The first kappa shape index (κ1) is 25.4. The van der Waals surface area contributed by atoms with Gasteiger partial charge in [0.1, 0.15) is 11.5 Å². The van der Waals surface area contributed by atoms with Crippen LogP contribution in [0.15, 0.2) is 61.9 Å². The van der Waals surface area contributed by atoms with Crippen LogP contribution in [0.5, 0.6) is 11.5 Å². The second kappa shape index (κ2) is 11.8. The van der Waals surface area contributed by atoms with Crippen LogP contribution in [0.4, 0.5) is 0 Å². The van der Waals surface area contributed by atoms with Gasteiger partial charge in [0.2, 0.25) is 0 Å². The van der Waals surface area contributed by atoms with Gasteiger partial charge >= 0.3 is 0 Å². The molecular formula is C22H18Br3N3O4S. The van der Waals surface area contributed by atoms with E-state index in [-0.39, 0.29) is 18.3 Å². The largest absolute Gasteiger partial charge is 0.483 e. The summed E-state index contributed by atoms with van der Waals surface area (Å²) in [6, 6.07) is 15.0. The van der Waals surface area contributed by atoms with Crippen LogP contribution in [-0.2, 0) is 9.59 Å². The van der Waals surface area contributed by atoms with Crippen molar-refractivity contribution in [3.63, 3.8) is 0 Å². The van der Waals surface area contributed by atoms with E-state index in [0.717, 1.165) is 29.8 Å². The number of amides is 2. The molecular weight excluding hydrogens is 642 g/mol. The molecule has 0 saturated heterocycles. The molecule has 0 spiro atoms. The molecule has 3 N–H and O–H groups in total. The molecule has 0 aliphatic carbocycles. The number of halogens is 3. The number of carbonyl (C=O) groups excluding carboxylic acids is 2. The minimum Gasteiger partial charge on any atom is -0.483 e. The number of hydrazine groups is 1. The molecule has 0 aliphatic heterocycles. The van der Waals surface area contributed by atoms with Crippen molar-refractivity contribution < 1.29 is 19.1 Å². The molecule has 3 aromatic carbocycles. The highest BCUT2D eigenvalue weighted by Gasteiger charge is 2.11. The van der Waals surface area contributed by atoms with Gasteiger partial charge in [-0.1, -0.05) is 44.0 Å². The summed E-state index contributed by atoms with van der Waals surface area (Å²) < 4.78 is 13.7. The zero-order valence-electron chi connectivity index (χ0n) is 17.2. The van der Waals surface area contributed by atoms with E-state index in [9.17, 15) is 9.59 Å². The number of benzene rings is 3. The Kier molecular flexibility index (Phi) is 9.07. The number of thiocarbonyl (C=S) groups is 1. The van der Waals surface area contributed by atoms with E-state index in [2.05, 4.69) is 64.0 Å². The standard InChI is InChI=1S/C22H18Br3N3O4S/c1-12-8-14(23)4-7-17(12)31-11-20(30)27-28-22(33)26-19(29)10-32-18-6-2-13-9-15(24)3-5-16(13)21(18)25/h2-9H,10-11H2,1H3,(H,27,30)(H2,26,28,29,33). The third-order valence-corrected chi connectivity index (χ3v) is 6.31. The summed E-state index contributed by atoms with van der Waals surface area (Å²) >= 11 is 15.3. The van der Waals surface area contributed by atoms with Gasteiger partial charge in [0, 0.05) is 8.95 Å². The maximum absolute atomic E-state index is 12.1. The lowest BCUT2D eigenvalue weighted by atomic mass is 10.1. The third-order valence-electron chi connectivity index (χ3n) is 4.30. The van der Waals surface area contributed by atoms with Crippen LogP contribution < -0.4 is 25.6 Å². The van der Waals surface area contributed by atoms with Crippen molar-refractivity contribution in [1.82, 2.24) is 16.2 Å². The molecule has 0 bridgehead atoms. The summed E-state index contributed by atoms with van der Waals surface area (Å²) in [5.74, 6) is 0.171. The molecule has 0 heterocycles. The van der Waals surface area contributed by atoms with Crippen LogP contribution in [0, 0.1) is 6.92 Å². The Morgan fingerprint density at radius 2 is 1.48 bits per heavy atom. The number of hydrogen-bond donors (Lipinski definition) is 3. The van der Waals surface area contributed by atoms with Gasteiger partial charge < -0.3 is 9.47 Å². The Balaban J connectivity index is 1.42. The van der Waals surface area contributed by atoms with E-state index >= 15 is 0 Å². The second-order valence-corrected chi connectivity index (χ2v) is 9.81. The maximum atomic E-state index is 12.1. The molecule has 33 heavy (non-hydrogen) atoms. The first-order valence-corrected chi connectivity index (χ1v) is 12.3. The number of hydrogen-bond acceptors (Lipinski definition) is 5. The minimum atomic E-state index is -0.480. The van der Waals surface area contributed by atoms with Crippen LogP contribution in [0.3, 0.4) is 0 Å². The SMILES string of the molecule is Cc1cc(Br)ccc1OCC(=O)NNC(=S)NC(=O)COc1ccc2cc(Br)ccc2c1Br. The Morgan fingerprint density at radius 3 is 2.24 bits per heavy atom. The topological polar surface area (TPSA) is 88.7 Å². The van der Waals surface area contributed by atoms with E-state index in [0.29, 0.717) is 11.5 Å². The number of fused-ring (bicyclic) bond motifs is 1. The van der Waals surface area contributed by atoms with Crippen molar-refractivity contribution in [2.24, 2.45) is 0 Å². The van der Waals surface area contributed by atoms with Crippen molar-refractivity contribution in [3.8, 4) is 11.5 Å². The maximum Gasteiger partial charge on any atom is 0.276 e. The van der Waals surface area contributed by atoms with Gasteiger partial charge in [-0.05, 0) is 87.8 Å². The van der Waals surface area contributed by atoms with Crippen LogP contribution in [0.1, 0.15) is 5.56 Å². The zero-order chi connectivity index (χ0) is 24.0. The lowest BCUT2D eigenvalue weighted by molar-refractivity contribution is -0.124. The summed E-state index contributed by atoms with van der Waals surface area (Å²) in [7, 11) is 0. The number of aryl methyl sites for hydroxylation is 1. The molecule has 3 rings (SSSR count). The summed E-state index contributed by atoms with van der Waals surface area (Å²) in [5.41, 5.74) is 5.71. The molecule has 0 radical (unpaired) electrons. The average Bonchev–Trinajstić information content (AvgIpc) is 2.76. The molecule has 0 fully saturated rings. The van der Waals surface area contributed by atoms with Crippen molar-refractivity contribution in [2.75, 3.05) is 13.2 Å². The normalized spacial score (nSPS) is 10.4. The molecule has 7 nitrogen and oxygen atoms in total. The molecule has 3 aromatic rings. The van der Waals surface area contributed by atoms with Crippen LogP contribution >= 0.6 is 60.0 Å². The van der Waals surface area contributed by atoms with Gasteiger partial charge in [-0.3, -0.25) is 25.8 Å². The quantitative estimate of drug-likeness (QED) is 0.258. The van der Waals surface area contributed by atoms with Gasteiger partial charge in [-0.2, -0.15) is 0 Å². The first-order chi connectivity index (χ1) is 15.7. The number of ether oxygens (including phenoxy) is 2. The van der Waals surface area contributed by atoms with Gasteiger partial charge in [0.25, 0.3) is 11.8 Å². The molecule has 0 unspecified atom stereocenters. The van der Waals surface area contributed by atoms with Gasteiger partial charge in [0.05, 0.1) is 4.47 Å². The minimum absolute atomic E-state index is 0.0702. The summed E-state index contributed by atoms with van der Waals surface area (Å²) in [5, 5.41) is 4.34. The highest BCUT2D eigenvalue weighted by Crippen LogP contribution is 2.34. The van der Waals surface area contributed by atoms with Crippen molar-refractivity contribution in [3.05, 3.63) is 67.5 Å². The molecule has 11 heteroatoms. The van der Waals surface area contributed by atoms with Crippen LogP contribution in [-0.4, -0.2) is 30.1 Å². The highest BCUT2D eigenvalue weighted by molar-refractivity contribution is 9.11. The van der Waals surface area contributed by atoms with Crippen LogP contribution in [0.25, 0.3) is 10.8 Å². The fourth-order valence-corrected chi connectivity index (χ4v) is 4.40. The molecule has 2 amide bonds. The predicted molar refractivity (Wildman–Crippen MR) is 141 cm³/mol. The smallest absolute Gasteiger partial charge is 0.276 e. The van der Waals surface area contributed by atoms with E-state index in [1.807, 2.05) is 43.3 Å². The molecule has 0 aromatic heterocycles. The van der Waals surface area contributed by atoms with Gasteiger partial charge in [0.15, 0.2) is 18.3 Å². The fraction of sp³-hybridized carbons (Fsp3) is 0.136. The van der Waals surface area contributed by atoms with Crippen molar-refractivity contribution in [2.45, 2.75) is 6.92 Å². The Bertz CT molecular complexity index is 1220. The van der Waals surface area contributed by atoms with Gasteiger partial charge in [-0.15, -0.1) is 0 Å². The Hall–Kier alpha value is -2.21. The molecule has 172 valence electrons. The van der Waals surface area contributed by atoms with E-state index in [1.165, 1.54) is 0 Å². The summed E-state index contributed by atoms with van der Waals surface area (Å²) in [6.07, 6.45) is 0. The molecule has 0 atom stereocenters. The fourth-order valence-electron chi connectivity index (χ4n) is 2.77. The van der Waals surface area contributed by atoms with Crippen molar-refractivity contribution >= 4 is 87.7 Å². The Labute approximate surface area is 220 Å². The van der Waals surface area contributed by atoms with Crippen LogP contribution in [0.2, 0.25) is 0 Å². The second-order valence-electron chi connectivity index (χ2n) is 6.78. The number of rotatable bonds is 6. The van der Waals surface area contributed by atoms with E-state index in [4.69, 9.17) is 21.7 Å². The monoisotopic (exact) mass is 657 g/mol. The number of nitrogens with one attached hydrogen (secondary N) is 3. The molecule has 0 saturated carbocycles. The lowest BCUT2D eigenvalue weighted by Gasteiger charge is -2.13. The van der Waals surface area contributed by atoms with E-state index in [1.54, 1.807) is 12.1 Å². The molecule has 0 aliphatic rings. The Morgan fingerprint density at radius 1 is 0.848 bits per heavy atom. The third kappa shape index (κ3) is 7.39. The first-order valence-electron chi connectivity index (χ1n) is 9.51. The summed E-state index contributed by atoms with van der Waals surface area (Å²) in [6.45, 7) is 1.39. The van der Waals surface area contributed by atoms with E-state index < -0.39 is 11.8 Å². The van der Waals surface area contributed by atoms with Crippen molar-refractivity contribution in [1.29, 1.82) is 0 Å².